The van der Waals surface area contributed by atoms with Gasteiger partial charge in [-0.25, -0.2) is 4.98 Å². The van der Waals surface area contributed by atoms with Crippen molar-refractivity contribution < 1.29 is 14.1 Å². The predicted octanol–water partition coefficient (Wildman–Crippen LogP) is 6.18. The molecule has 0 bridgehead atoms. The summed E-state index contributed by atoms with van der Waals surface area (Å²) >= 11 is 7.31. The third-order valence-electron chi connectivity index (χ3n) is 5.40. The standard InChI is InChI=1S/C26H16ClN3O5S/c27-20-14-17(30(33)34)10-11-18(20)23-12-13-24(35-23)22(31)15-36-26-28-21-9-5-4-8-19(21)25(32)29(26)16-6-2-1-3-7-16/h1-14H,15H2. The number of thioether (sulfide) groups is 1. The number of halogens is 1. The first-order valence-electron chi connectivity index (χ1n) is 10.7. The third kappa shape index (κ3) is 4.53. The molecule has 8 nitrogen and oxygen atoms in total. The number of non-ortho nitro benzene ring substituents is 1. The minimum atomic E-state index is -0.542. The molecule has 0 aliphatic rings. The number of nitro benzene ring substituents is 1. The van der Waals surface area contributed by atoms with Gasteiger partial charge in [0.25, 0.3) is 11.2 Å². The van der Waals surface area contributed by atoms with E-state index in [-0.39, 0.29) is 33.6 Å². The molecule has 0 saturated heterocycles. The fourth-order valence-electron chi connectivity index (χ4n) is 3.67. The van der Waals surface area contributed by atoms with E-state index in [9.17, 15) is 19.7 Å². The van der Waals surface area contributed by atoms with Crippen molar-refractivity contribution in [3.8, 4) is 17.0 Å². The van der Waals surface area contributed by atoms with Crippen molar-refractivity contribution >= 4 is 45.7 Å². The molecule has 2 aromatic heterocycles. The van der Waals surface area contributed by atoms with E-state index in [1.165, 1.54) is 28.8 Å². The molecule has 0 radical (unpaired) electrons. The average molecular weight is 518 g/mol. The number of carbonyl (C=O) groups is 1. The second-order valence-electron chi connectivity index (χ2n) is 7.68. The molecule has 178 valence electrons. The lowest BCUT2D eigenvalue weighted by Crippen LogP contribution is -2.22. The SMILES string of the molecule is O=C(CSc1nc2ccccc2c(=O)n1-c1ccccc1)c1ccc(-c2ccc([N+](=O)[O-])cc2Cl)o1. The fraction of sp³-hybridized carbons (Fsp3) is 0.0385. The average Bonchev–Trinajstić information content (AvgIpc) is 3.38. The molecule has 0 aliphatic heterocycles. The molecule has 0 atom stereocenters. The molecule has 5 aromatic rings. The summed E-state index contributed by atoms with van der Waals surface area (Å²) in [5.74, 6) is 0.0688. The van der Waals surface area contributed by atoms with Crippen molar-refractivity contribution in [2.24, 2.45) is 0 Å². The molecule has 10 heteroatoms. The zero-order valence-corrected chi connectivity index (χ0v) is 20.0. The predicted molar refractivity (Wildman–Crippen MR) is 138 cm³/mol. The maximum atomic E-state index is 13.3. The number of aromatic nitrogens is 2. The van der Waals surface area contributed by atoms with Crippen LogP contribution >= 0.6 is 23.4 Å². The van der Waals surface area contributed by atoms with Gasteiger partial charge in [-0.05, 0) is 42.5 Å². The molecule has 0 aliphatic carbocycles. The number of rotatable bonds is 7. The number of benzene rings is 3. The quantitative estimate of drug-likeness (QED) is 0.0833. The van der Waals surface area contributed by atoms with Gasteiger partial charge in [0.2, 0.25) is 5.78 Å². The molecular weight excluding hydrogens is 502 g/mol. The van der Waals surface area contributed by atoms with Crippen molar-refractivity contribution in [2.75, 3.05) is 5.75 Å². The van der Waals surface area contributed by atoms with Crippen LogP contribution in [0.5, 0.6) is 0 Å². The Morgan fingerprint density at radius 1 is 1.03 bits per heavy atom. The highest BCUT2D eigenvalue weighted by molar-refractivity contribution is 7.99. The highest BCUT2D eigenvalue weighted by Gasteiger charge is 2.19. The van der Waals surface area contributed by atoms with Gasteiger partial charge in [0, 0.05) is 17.7 Å². The maximum Gasteiger partial charge on any atom is 0.270 e. The van der Waals surface area contributed by atoms with Gasteiger partial charge in [0.05, 0.1) is 32.3 Å². The lowest BCUT2D eigenvalue weighted by Gasteiger charge is -2.12. The Bertz CT molecular complexity index is 1680. The summed E-state index contributed by atoms with van der Waals surface area (Å²) in [6, 6.07) is 23.3. The van der Waals surface area contributed by atoms with Crippen LogP contribution in [0.25, 0.3) is 27.9 Å². The number of Topliss-reactive ketones (excluding diaryl/α,β-unsaturated/α-hetero) is 1. The van der Waals surface area contributed by atoms with Crippen LogP contribution in [-0.2, 0) is 0 Å². The first-order valence-corrected chi connectivity index (χ1v) is 12.1. The number of nitro groups is 1. The Kier molecular flexibility index (Phi) is 6.41. The molecule has 0 N–H and O–H groups in total. The first kappa shape index (κ1) is 23.5. The smallest absolute Gasteiger partial charge is 0.270 e. The Labute approximate surface area is 213 Å². The first-order chi connectivity index (χ1) is 17.4. The van der Waals surface area contributed by atoms with Gasteiger partial charge in [-0.3, -0.25) is 24.3 Å². The number of hydrogen-bond acceptors (Lipinski definition) is 7. The lowest BCUT2D eigenvalue weighted by atomic mass is 10.1. The van der Waals surface area contributed by atoms with E-state index in [1.54, 1.807) is 42.5 Å². The molecule has 36 heavy (non-hydrogen) atoms. The Hall–Kier alpha value is -4.21. The van der Waals surface area contributed by atoms with E-state index < -0.39 is 4.92 Å². The maximum absolute atomic E-state index is 13.3. The summed E-state index contributed by atoms with van der Waals surface area (Å²) in [7, 11) is 0. The molecule has 2 heterocycles. The van der Waals surface area contributed by atoms with Gasteiger partial charge < -0.3 is 4.42 Å². The normalized spacial score (nSPS) is 11.0. The summed E-state index contributed by atoms with van der Waals surface area (Å²) in [6.45, 7) is 0. The van der Waals surface area contributed by atoms with Gasteiger partial charge in [0.15, 0.2) is 10.9 Å². The van der Waals surface area contributed by atoms with Crippen molar-refractivity contribution in [1.82, 2.24) is 9.55 Å². The lowest BCUT2D eigenvalue weighted by molar-refractivity contribution is -0.384. The van der Waals surface area contributed by atoms with Crippen LogP contribution in [0.3, 0.4) is 0 Å². The van der Waals surface area contributed by atoms with Gasteiger partial charge in [-0.1, -0.05) is 53.7 Å². The van der Waals surface area contributed by atoms with Crippen molar-refractivity contribution in [2.45, 2.75) is 5.16 Å². The molecular formula is C26H16ClN3O5S. The summed E-state index contributed by atoms with van der Waals surface area (Å²) in [5, 5.41) is 11.9. The van der Waals surface area contributed by atoms with Crippen molar-refractivity contribution in [3.63, 3.8) is 0 Å². The topological polar surface area (TPSA) is 108 Å². The zero-order valence-electron chi connectivity index (χ0n) is 18.5. The van der Waals surface area contributed by atoms with E-state index in [4.69, 9.17) is 16.0 Å². The summed E-state index contributed by atoms with van der Waals surface area (Å²) in [5.41, 5.74) is 1.25. The summed E-state index contributed by atoms with van der Waals surface area (Å²) < 4.78 is 7.19. The number of fused-ring (bicyclic) bond motifs is 1. The Morgan fingerprint density at radius 3 is 2.53 bits per heavy atom. The van der Waals surface area contributed by atoms with Crippen LogP contribution in [0.1, 0.15) is 10.6 Å². The van der Waals surface area contributed by atoms with E-state index in [0.717, 1.165) is 11.8 Å². The van der Waals surface area contributed by atoms with Crippen LogP contribution in [0.15, 0.2) is 99.3 Å². The molecule has 0 amide bonds. The Morgan fingerprint density at radius 2 is 1.78 bits per heavy atom. The number of carbonyl (C=O) groups excluding carboxylic acids is 1. The third-order valence-corrected chi connectivity index (χ3v) is 6.65. The second kappa shape index (κ2) is 9.80. The van der Waals surface area contributed by atoms with Crippen LogP contribution in [0.4, 0.5) is 5.69 Å². The minimum absolute atomic E-state index is 0.0292. The minimum Gasteiger partial charge on any atom is -0.453 e. The molecule has 3 aromatic carbocycles. The van der Waals surface area contributed by atoms with Gasteiger partial charge in [-0.2, -0.15) is 0 Å². The molecule has 0 unspecified atom stereocenters. The number of ketones is 1. The number of para-hydroxylation sites is 2. The molecule has 0 saturated carbocycles. The van der Waals surface area contributed by atoms with Gasteiger partial charge >= 0.3 is 0 Å². The monoisotopic (exact) mass is 517 g/mol. The van der Waals surface area contributed by atoms with Crippen molar-refractivity contribution in [1.29, 1.82) is 0 Å². The van der Waals surface area contributed by atoms with E-state index in [2.05, 4.69) is 4.98 Å². The fourth-order valence-corrected chi connectivity index (χ4v) is 4.82. The summed E-state index contributed by atoms with van der Waals surface area (Å²) in [4.78, 5) is 41.2. The molecule has 5 rings (SSSR count). The Balaban J connectivity index is 1.43. The molecule has 0 fully saturated rings. The number of furan rings is 1. The van der Waals surface area contributed by atoms with Crippen molar-refractivity contribution in [3.05, 3.63) is 116 Å². The number of nitrogens with zero attached hydrogens (tertiary/aromatic N) is 3. The van der Waals surface area contributed by atoms with Crippen LogP contribution in [0.2, 0.25) is 5.02 Å². The zero-order chi connectivity index (χ0) is 25.2. The summed E-state index contributed by atoms with van der Waals surface area (Å²) in [6.07, 6.45) is 0. The van der Waals surface area contributed by atoms with E-state index in [0.29, 0.717) is 33.1 Å². The highest BCUT2D eigenvalue weighted by atomic mass is 35.5. The van der Waals surface area contributed by atoms with E-state index >= 15 is 0 Å². The molecule has 0 spiro atoms. The largest absolute Gasteiger partial charge is 0.453 e. The van der Waals surface area contributed by atoms with Crippen LogP contribution in [-0.4, -0.2) is 26.0 Å². The van der Waals surface area contributed by atoms with Crippen LogP contribution < -0.4 is 5.56 Å². The van der Waals surface area contributed by atoms with Gasteiger partial charge in [-0.15, -0.1) is 0 Å². The van der Waals surface area contributed by atoms with Crippen LogP contribution in [0, 0.1) is 10.1 Å². The number of hydrogen-bond donors (Lipinski definition) is 0. The second-order valence-corrected chi connectivity index (χ2v) is 9.03. The van der Waals surface area contributed by atoms with E-state index in [1.807, 2.05) is 18.2 Å². The highest BCUT2D eigenvalue weighted by Crippen LogP contribution is 2.33. The van der Waals surface area contributed by atoms with Gasteiger partial charge in [0.1, 0.15) is 5.76 Å².